The Kier molecular flexibility index (Phi) is 4.61. The van der Waals surface area contributed by atoms with Gasteiger partial charge in [-0.15, -0.1) is 0 Å². The number of carbonyl (C=O) groups excluding carboxylic acids is 1. The predicted octanol–water partition coefficient (Wildman–Crippen LogP) is 1.79. The third-order valence-corrected chi connectivity index (χ3v) is 3.05. The van der Waals surface area contributed by atoms with Gasteiger partial charge in [0.2, 0.25) is 0 Å². The van der Waals surface area contributed by atoms with E-state index >= 15 is 0 Å². The fourth-order valence-electron chi connectivity index (χ4n) is 1.50. The van der Waals surface area contributed by atoms with Gasteiger partial charge in [-0.1, -0.05) is 6.92 Å². The Hall–Kier alpha value is -1.95. The maximum absolute atomic E-state index is 11.8. The molecule has 1 amide bonds. The molecule has 104 valence electrons. The number of nitrogens with one attached hydrogen (secondary N) is 1. The van der Waals surface area contributed by atoms with Crippen LogP contribution < -0.4 is 5.32 Å². The van der Waals surface area contributed by atoms with Crippen LogP contribution in [0.2, 0.25) is 0 Å². The number of nitrogens with zero attached hydrogens (tertiary/aromatic N) is 1. The van der Waals surface area contributed by atoms with Crippen molar-refractivity contribution >= 4 is 11.6 Å². The molecular weight excluding hydrogens is 248 g/mol. The van der Waals surface area contributed by atoms with Crippen LogP contribution in [0, 0.1) is 17.0 Å². The maximum Gasteiger partial charge on any atom is 0.272 e. The van der Waals surface area contributed by atoms with Gasteiger partial charge in [0.05, 0.1) is 10.5 Å². The van der Waals surface area contributed by atoms with Gasteiger partial charge < -0.3 is 10.4 Å². The van der Waals surface area contributed by atoms with Crippen LogP contribution in [0.5, 0.6) is 0 Å². The van der Waals surface area contributed by atoms with Gasteiger partial charge in [-0.2, -0.15) is 0 Å². The summed E-state index contributed by atoms with van der Waals surface area (Å²) in [6, 6.07) is 4.18. The highest BCUT2D eigenvalue weighted by molar-refractivity contribution is 5.94. The number of carbonyl (C=O) groups is 1. The van der Waals surface area contributed by atoms with Crippen LogP contribution in [0.15, 0.2) is 18.2 Å². The molecule has 19 heavy (non-hydrogen) atoms. The van der Waals surface area contributed by atoms with Gasteiger partial charge >= 0.3 is 0 Å². The average molecular weight is 266 g/mol. The molecule has 0 fully saturated rings. The van der Waals surface area contributed by atoms with Crippen molar-refractivity contribution in [2.24, 2.45) is 0 Å². The molecule has 0 spiro atoms. The van der Waals surface area contributed by atoms with E-state index in [1.165, 1.54) is 18.2 Å². The van der Waals surface area contributed by atoms with Crippen LogP contribution in [0.3, 0.4) is 0 Å². The summed E-state index contributed by atoms with van der Waals surface area (Å²) in [5.74, 6) is -0.355. The lowest BCUT2D eigenvalue weighted by atomic mass is 10.0. The number of amides is 1. The first-order chi connectivity index (χ1) is 8.76. The van der Waals surface area contributed by atoms with Crippen molar-refractivity contribution in [2.45, 2.75) is 32.8 Å². The molecule has 1 unspecified atom stereocenters. The maximum atomic E-state index is 11.8. The normalized spacial score (nSPS) is 13.7. The van der Waals surface area contributed by atoms with Crippen molar-refractivity contribution in [2.75, 3.05) is 6.54 Å². The zero-order chi connectivity index (χ0) is 14.6. The second-order valence-corrected chi connectivity index (χ2v) is 4.79. The van der Waals surface area contributed by atoms with Crippen molar-refractivity contribution in [3.63, 3.8) is 0 Å². The summed E-state index contributed by atoms with van der Waals surface area (Å²) in [6.45, 7) is 5.17. The minimum Gasteiger partial charge on any atom is -0.388 e. The number of hydrogen-bond acceptors (Lipinski definition) is 4. The largest absolute Gasteiger partial charge is 0.388 e. The van der Waals surface area contributed by atoms with Crippen LogP contribution in [-0.2, 0) is 0 Å². The predicted molar refractivity (Wildman–Crippen MR) is 71.1 cm³/mol. The second kappa shape index (κ2) is 5.79. The van der Waals surface area contributed by atoms with E-state index in [1.807, 2.05) is 6.92 Å². The molecule has 1 aromatic carbocycles. The SMILES string of the molecule is CCC(C)(O)CNC(=O)c1ccc([N+](=O)[O-])c(C)c1. The number of nitro groups is 1. The highest BCUT2D eigenvalue weighted by atomic mass is 16.6. The van der Waals surface area contributed by atoms with Gasteiger partial charge in [0.1, 0.15) is 0 Å². The van der Waals surface area contributed by atoms with Gasteiger partial charge in [0.25, 0.3) is 11.6 Å². The first-order valence-electron chi connectivity index (χ1n) is 6.02. The van der Waals surface area contributed by atoms with E-state index in [1.54, 1.807) is 13.8 Å². The standard InChI is InChI=1S/C13H18N2O4/c1-4-13(3,17)8-14-12(16)10-5-6-11(15(18)19)9(2)7-10/h5-7,17H,4,8H2,1-3H3,(H,14,16). The molecule has 1 aromatic rings. The van der Waals surface area contributed by atoms with E-state index in [-0.39, 0.29) is 18.1 Å². The van der Waals surface area contributed by atoms with E-state index < -0.39 is 10.5 Å². The zero-order valence-electron chi connectivity index (χ0n) is 11.3. The molecule has 0 saturated heterocycles. The quantitative estimate of drug-likeness (QED) is 0.627. The summed E-state index contributed by atoms with van der Waals surface area (Å²) in [5.41, 5.74) is -0.196. The molecule has 0 aliphatic heterocycles. The van der Waals surface area contributed by atoms with Gasteiger partial charge in [-0.05, 0) is 32.4 Å². The van der Waals surface area contributed by atoms with E-state index in [0.717, 1.165) is 0 Å². The molecule has 2 N–H and O–H groups in total. The molecule has 0 aliphatic rings. The molecule has 1 atom stereocenters. The molecule has 6 heteroatoms. The lowest BCUT2D eigenvalue weighted by molar-refractivity contribution is -0.385. The summed E-state index contributed by atoms with van der Waals surface area (Å²) >= 11 is 0. The highest BCUT2D eigenvalue weighted by Gasteiger charge is 2.19. The Balaban J connectivity index is 2.79. The van der Waals surface area contributed by atoms with Crippen molar-refractivity contribution < 1.29 is 14.8 Å². The number of hydrogen-bond donors (Lipinski definition) is 2. The first kappa shape index (κ1) is 15.1. The van der Waals surface area contributed by atoms with Crippen molar-refractivity contribution in [1.29, 1.82) is 0 Å². The van der Waals surface area contributed by atoms with Gasteiger partial charge in [-0.3, -0.25) is 14.9 Å². The van der Waals surface area contributed by atoms with E-state index in [9.17, 15) is 20.0 Å². The van der Waals surface area contributed by atoms with Crippen LogP contribution in [0.4, 0.5) is 5.69 Å². The summed E-state index contributed by atoms with van der Waals surface area (Å²) < 4.78 is 0. The van der Waals surface area contributed by atoms with E-state index in [4.69, 9.17) is 0 Å². The molecular formula is C13H18N2O4. The van der Waals surface area contributed by atoms with Crippen LogP contribution in [0.25, 0.3) is 0 Å². The zero-order valence-corrected chi connectivity index (χ0v) is 11.3. The van der Waals surface area contributed by atoms with Gasteiger partial charge in [-0.25, -0.2) is 0 Å². The number of aliphatic hydroxyl groups is 1. The first-order valence-corrected chi connectivity index (χ1v) is 6.02. The summed E-state index contributed by atoms with van der Waals surface area (Å²) in [7, 11) is 0. The van der Waals surface area contributed by atoms with Gasteiger partial charge in [0.15, 0.2) is 0 Å². The molecule has 0 radical (unpaired) electrons. The molecule has 0 bridgehead atoms. The van der Waals surface area contributed by atoms with Crippen LogP contribution in [0.1, 0.15) is 36.2 Å². The summed E-state index contributed by atoms with van der Waals surface area (Å²) in [5, 5.41) is 23.1. The number of benzene rings is 1. The third-order valence-electron chi connectivity index (χ3n) is 3.05. The monoisotopic (exact) mass is 266 g/mol. The highest BCUT2D eigenvalue weighted by Crippen LogP contribution is 2.18. The Bertz CT molecular complexity index is 497. The fourth-order valence-corrected chi connectivity index (χ4v) is 1.50. The minimum atomic E-state index is -0.953. The van der Waals surface area contributed by atoms with E-state index in [2.05, 4.69) is 5.32 Å². The van der Waals surface area contributed by atoms with Crippen molar-refractivity contribution in [1.82, 2.24) is 5.32 Å². The molecule has 0 aromatic heterocycles. The van der Waals surface area contributed by atoms with Crippen molar-refractivity contribution in [3.05, 3.63) is 39.4 Å². The third kappa shape index (κ3) is 4.03. The minimum absolute atomic E-state index is 0.0166. The summed E-state index contributed by atoms with van der Waals surface area (Å²) in [6.07, 6.45) is 0.520. The second-order valence-electron chi connectivity index (χ2n) is 4.79. The fraction of sp³-hybridized carbons (Fsp3) is 0.462. The van der Waals surface area contributed by atoms with Crippen molar-refractivity contribution in [3.8, 4) is 0 Å². The Morgan fingerprint density at radius 3 is 2.63 bits per heavy atom. The number of nitro benzene ring substituents is 1. The average Bonchev–Trinajstić information content (AvgIpc) is 2.35. The Labute approximate surface area is 111 Å². The molecule has 6 nitrogen and oxygen atoms in total. The molecule has 0 heterocycles. The van der Waals surface area contributed by atoms with Gasteiger partial charge in [0, 0.05) is 23.7 Å². The van der Waals surface area contributed by atoms with Crippen LogP contribution in [-0.4, -0.2) is 28.1 Å². The Morgan fingerprint density at radius 2 is 2.16 bits per heavy atom. The summed E-state index contributed by atoms with van der Waals surface area (Å²) in [4.78, 5) is 22.0. The molecule has 1 rings (SSSR count). The Morgan fingerprint density at radius 1 is 1.53 bits per heavy atom. The number of aryl methyl sites for hydroxylation is 1. The lowest BCUT2D eigenvalue weighted by Gasteiger charge is -2.21. The van der Waals surface area contributed by atoms with E-state index in [0.29, 0.717) is 17.5 Å². The lowest BCUT2D eigenvalue weighted by Crippen LogP contribution is -2.40. The molecule has 0 aliphatic carbocycles. The van der Waals surface area contributed by atoms with Crippen LogP contribution >= 0.6 is 0 Å². The molecule has 0 saturated carbocycles. The topological polar surface area (TPSA) is 92.5 Å². The number of rotatable bonds is 5. The smallest absolute Gasteiger partial charge is 0.272 e.